The van der Waals surface area contributed by atoms with Crippen molar-refractivity contribution in [3.63, 3.8) is 0 Å². The first-order valence-corrected chi connectivity index (χ1v) is 6.32. The number of hydrogen-bond donors (Lipinski definition) is 2. The predicted octanol–water partition coefficient (Wildman–Crippen LogP) is 2.90. The number of aromatic amines is 1. The minimum absolute atomic E-state index is 0. The second kappa shape index (κ2) is 7.75. The summed E-state index contributed by atoms with van der Waals surface area (Å²) in [6.45, 7) is 5.34. The van der Waals surface area contributed by atoms with E-state index in [1.165, 1.54) is 38.0 Å². The van der Waals surface area contributed by atoms with E-state index in [-0.39, 0.29) is 18.5 Å². The third-order valence-corrected chi connectivity index (χ3v) is 3.41. The lowest BCUT2D eigenvalue weighted by Crippen LogP contribution is -2.28. The summed E-state index contributed by atoms with van der Waals surface area (Å²) in [5, 5.41) is 3.39. The molecule has 1 aromatic rings. The molecule has 0 aromatic carbocycles. The molecule has 1 unspecified atom stereocenters. The molecular formula is C13H23ClN2O. The number of piperidine rings is 1. The molecule has 2 heterocycles. The molecule has 0 radical (unpaired) electrons. The van der Waals surface area contributed by atoms with Gasteiger partial charge in [-0.2, -0.15) is 0 Å². The molecule has 0 spiro atoms. The van der Waals surface area contributed by atoms with Crippen LogP contribution in [-0.2, 0) is 4.74 Å². The van der Waals surface area contributed by atoms with Crippen LogP contribution < -0.4 is 5.32 Å². The summed E-state index contributed by atoms with van der Waals surface area (Å²) < 4.78 is 5.84. The highest BCUT2D eigenvalue weighted by atomic mass is 35.5. The Morgan fingerprint density at radius 2 is 2.18 bits per heavy atom. The Morgan fingerprint density at radius 3 is 2.82 bits per heavy atom. The Morgan fingerprint density at radius 1 is 1.41 bits per heavy atom. The van der Waals surface area contributed by atoms with E-state index in [0.717, 1.165) is 12.5 Å². The Bertz CT molecular complexity index is 284. The average molecular weight is 259 g/mol. The van der Waals surface area contributed by atoms with E-state index in [9.17, 15) is 0 Å². The van der Waals surface area contributed by atoms with Gasteiger partial charge in [-0.15, -0.1) is 12.4 Å². The number of halogens is 1. The zero-order valence-electron chi connectivity index (χ0n) is 10.4. The number of ether oxygens (including phenoxy) is 1. The maximum Gasteiger partial charge on any atom is 0.0944 e. The molecule has 0 saturated carbocycles. The van der Waals surface area contributed by atoms with Crippen molar-refractivity contribution < 1.29 is 4.74 Å². The van der Waals surface area contributed by atoms with Crippen LogP contribution in [0.1, 0.15) is 38.0 Å². The van der Waals surface area contributed by atoms with Crippen LogP contribution in [0.15, 0.2) is 18.3 Å². The molecule has 0 amide bonds. The van der Waals surface area contributed by atoms with Crippen molar-refractivity contribution >= 4 is 12.4 Å². The molecule has 1 fully saturated rings. The summed E-state index contributed by atoms with van der Waals surface area (Å²) in [5.74, 6) is 0.858. The molecule has 1 aliphatic rings. The smallest absolute Gasteiger partial charge is 0.0944 e. The highest BCUT2D eigenvalue weighted by Gasteiger charge is 2.13. The minimum atomic E-state index is 0. The fourth-order valence-corrected chi connectivity index (χ4v) is 2.27. The lowest BCUT2D eigenvalue weighted by Gasteiger charge is -2.23. The van der Waals surface area contributed by atoms with Crippen LogP contribution in [0.3, 0.4) is 0 Å². The molecule has 1 aromatic heterocycles. The molecular weight excluding hydrogens is 236 g/mol. The molecule has 3 nitrogen and oxygen atoms in total. The van der Waals surface area contributed by atoms with E-state index < -0.39 is 0 Å². The van der Waals surface area contributed by atoms with Gasteiger partial charge in [0.2, 0.25) is 0 Å². The van der Waals surface area contributed by atoms with Crippen LogP contribution in [0.4, 0.5) is 0 Å². The largest absolute Gasteiger partial charge is 0.372 e. The maximum atomic E-state index is 5.84. The van der Waals surface area contributed by atoms with E-state index in [1.807, 2.05) is 12.3 Å². The first-order chi connectivity index (χ1) is 7.86. The van der Waals surface area contributed by atoms with Crippen LogP contribution >= 0.6 is 12.4 Å². The molecule has 2 rings (SSSR count). The average Bonchev–Trinajstić information content (AvgIpc) is 2.84. The SMILES string of the molecule is CC(OCCC1CCNCC1)c1ccc[nH]1.Cl. The molecule has 17 heavy (non-hydrogen) atoms. The van der Waals surface area contributed by atoms with Crippen molar-refractivity contribution in [3.8, 4) is 0 Å². The third-order valence-electron chi connectivity index (χ3n) is 3.41. The van der Waals surface area contributed by atoms with Gasteiger partial charge >= 0.3 is 0 Å². The summed E-state index contributed by atoms with van der Waals surface area (Å²) in [6.07, 6.45) is 5.95. The zero-order valence-corrected chi connectivity index (χ0v) is 11.3. The van der Waals surface area contributed by atoms with Crippen molar-refractivity contribution in [2.75, 3.05) is 19.7 Å². The number of rotatable bonds is 5. The van der Waals surface area contributed by atoms with Crippen molar-refractivity contribution in [2.45, 2.75) is 32.3 Å². The van der Waals surface area contributed by atoms with Crippen molar-refractivity contribution in [2.24, 2.45) is 5.92 Å². The van der Waals surface area contributed by atoms with E-state index in [0.29, 0.717) is 0 Å². The number of aromatic nitrogens is 1. The molecule has 1 saturated heterocycles. The summed E-state index contributed by atoms with van der Waals surface area (Å²) in [4.78, 5) is 3.19. The second-order valence-corrected chi connectivity index (χ2v) is 4.62. The quantitative estimate of drug-likeness (QED) is 0.852. The van der Waals surface area contributed by atoms with Gasteiger partial charge in [0, 0.05) is 18.5 Å². The van der Waals surface area contributed by atoms with Gasteiger partial charge in [-0.05, 0) is 57.3 Å². The summed E-state index contributed by atoms with van der Waals surface area (Å²) >= 11 is 0. The Hall–Kier alpha value is -0.510. The highest BCUT2D eigenvalue weighted by molar-refractivity contribution is 5.85. The van der Waals surface area contributed by atoms with Crippen molar-refractivity contribution in [1.29, 1.82) is 0 Å². The van der Waals surface area contributed by atoms with Crippen LogP contribution in [0.25, 0.3) is 0 Å². The van der Waals surface area contributed by atoms with Gasteiger partial charge in [-0.1, -0.05) is 0 Å². The van der Waals surface area contributed by atoms with Crippen molar-refractivity contribution in [3.05, 3.63) is 24.0 Å². The lowest BCUT2D eigenvalue weighted by molar-refractivity contribution is 0.0510. The van der Waals surface area contributed by atoms with Gasteiger partial charge in [-0.25, -0.2) is 0 Å². The van der Waals surface area contributed by atoms with Crippen molar-refractivity contribution in [1.82, 2.24) is 10.3 Å². The Labute approximate surface area is 110 Å². The van der Waals surface area contributed by atoms with Crippen LogP contribution in [0.2, 0.25) is 0 Å². The topological polar surface area (TPSA) is 37.0 Å². The second-order valence-electron chi connectivity index (χ2n) is 4.62. The maximum absolute atomic E-state index is 5.84. The van der Waals surface area contributed by atoms with Crippen LogP contribution in [0.5, 0.6) is 0 Å². The number of H-pyrrole nitrogens is 1. The molecule has 2 N–H and O–H groups in total. The molecule has 0 bridgehead atoms. The van der Waals surface area contributed by atoms with Gasteiger partial charge in [0.15, 0.2) is 0 Å². The zero-order chi connectivity index (χ0) is 11.2. The first kappa shape index (κ1) is 14.6. The molecule has 1 atom stereocenters. The molecule has 1 aliphatic heterocycles. The van der Waals surface area contributed by atoms with E-state index in [4.69, 9.17) is 4.74 Å². The van der Waals surface area contributed by atoms with Gasteiger partial charge in [0.25, 0.3) is 0 Å². The molecule has 98 valence electrons. The standard InChI is InChI=1S/C13H22N2O.ClH/c1-11(13-3-2-7-15-13)16-10-6-12-4-8-14-9-5-12;/h2-3,7,11-12,14-15H,4-6,8-10H2,1H3;1H. The number of nitrogens with one attached hydrogen (secondary N) is 2. The summed E-state index contributed by atoms with van der Waals surface area (Å²) in [7, 11) is 0. The Balaban J connectivity index is 0.00000144. The monoisotopic (exact) mass is 258 g/mol. The van der Waals surface area contributed by atoms with Gasteiger partial charge < -0.3 is 15.0 Å². The van der Waals surface area contributed by atoms with Gasteiger partial charge in [0.05, 0.1) is 6.10 Å². The summed E-state index contributed by atoms with van der Waals surface area (Å²) in [6, 6.07) is 4.09. The van der Waals surface area contributed by atoms with E-state index in [2.05, 4.69) is 23.3 Å². The van der Waals surface area contributed by atoms with Gasteiger partial charge in [0.1, 0.15) is 0 Å². The molecule has 0 aliphatic carbocycles. The normalized spacial score (nSPS) is 18.6. The number of hydrogen-bond acceptors (Lipinski definition) is 2. The first-order valence-electron chi connectivity index (χ1n) is 6.32. The predicted molar refractivity (Wildman–Crippen MR) is 72.6 cm³/mol. The minimum Gasteiger partial charge on any atom is -0.372 e. The van der Waals surface area contributed by atoms with Crippen LogP contribution in [0, 0.1) is 5.92 Å². The fourth-order valence-electron chi connectivity index (χ4n) is 2.27. The third kappa shape index (κ3) is 4.70. The van der Waals surface area contributed by atoms with Gasteiger partial charge in [-0.3, -0.25) is 0 Å². The molecule has 4 heteroatoms. The van der Waals surface area contributed by atoms with E-state index >= 15 is 0 Å². The van der Waals surface area contributed by atoms with E-state index in [1.54, 1.807) is 0 Å². The highest BCUT2D eigenvalue weighted by Crippen LogP contribution is 2.19. The Kier molecular flexibility index (Phi) is 6.63. The fraction of sp³-hybridized carbons (Fsp3) is 0.692. The van der Waals surface area contributed by atoms with Crippen LogP contribution in [-0.4, -0.2) is 24.7 Å². The summed E-state index contributed by atoms with van der Waals surface area (Å²) in [5.41, 5.74) is 1.17. The lowest BCUT2D eigenvalue weighted by atomic mass is 9.95.